The normalized spacial score (nSPS) is 10.9. The minimum Gasteiger partial charge on any atom is -0.326 e. The smallest absolute Gasteiger partial charge is 0.226 e. The number of anilines is 1. The molecule has 88 valence electrons. The molecule has 2 heteroatoms. The summed E-state index contributed by atoms with van der Waals surface area (Å²) in [6.07, 6.45) is 1.08. The van der Waals surface area contributed by atoms with E-state index in [9.17, 15) is 4.79 Å². The van der Waals surface area contributed by atoms with Gasteiger partial charge in [0.1, 0.15) is 0 Å². The molecule has 0 spiro atoms. The SMILES string of the molecule is CC(C)Cc1ccc(NC(=O)C(C)C)cc1. The molecule has 0 bridgehead atoms. The first-order chi connectivity index (χ1) is 7.49. The van der Waals surface area contributed by atoms with Gasteiger partial charge in [-0.2, -0.15) is 0 Å². The fourth-order valence-electron chi connectivity index (χ4n) is 1.48. The average molecular weight is 219 g/mol. The Morgan fingerprint density at radius 3 is 2.12 bits per heavy atom. The van der Waals surface area contributed by atoms with Crippen LogP contribution in [-0.4, -0.2) is 5.91 Å². The van der Waals surface area contributed by atoms with Gasteiger partial charge in [0, 0.05) is 11.6 Å². The maximum Gasteiger partial charge on any atom is 0.226 e. The second-order valence-corrected chi connectivity index (χ2v) is 4.94. The minimum absolute atomic E-state index is 0.0235. The highest BCUT2D eigenvalue weighted by Crippen LogP contribution is 2.13. The van der Waals surface area contributed by atoms with E-state index in [1.165, 1.54) is 5.56 Å². The van der Waals surface area contributed by atoms with Gasteiger partial charge in [-0.25, -0.2) is 0 Å². The number of carbonyl (C=O) groups is 1. The topological polar surface area (TPSA) is 29.1 Å². The van der Waals surface area contributed by atoms with Crippen molar-refractivity contribution in [3.05, 3.63) is 29.8 Å². The van der Waals surface area contributed by atoms with Gasteiger partial charge in [0.15, 0.2) is 0 Å². The molecule has 0 atom stereocenters. The van der Waals surface area contributed by atoms with Crippen molar-refractivity contribution < 1.29 is 4.79 Å². The van der Waals surface area contributed by atoms with Crippen molar-refractivity contribution in [2.45, 2.75) is 34.1 Å². The molecule has 1 aromatic carbocycles. The Morgan fingerprint density at radius 2 is 1.69 bits per heavy atom. The van der Waals surface area contributed by atoms with Crippen LogP contribution in [0.15, 0.2) is 24.3 Å². The van der Waals surface area contributed by atoms with Crippen LogP contribution >= 0.6 is 0 Å². The first kappa shape index (κ1) is 12.8. The lowest BCUT2D eigenvalue weighted by atomic mass is 10.0. The maximum atomic E-state index is 11.5. The lowest BCUT2D eigenvalue weighted by Crippen LogP contribution is -2.17. The van der Waals surface area contributed by atoms with E-state index in [1.807, 2.05) is 26.0 Å². The fraction of sp³-hybridized carbons (Fsp3) is 0.500. The molecule has 1 N–H and O–H groups in total. The highest BCUT2D eigenvalue weighted by Gasteiger charge is 2.06. The summed E-state index contributed by atoms with van der Waals surface area (Å²) in [5.74, 6) is 0.753. The van der Waals surface area contributed by atoms with E-state index in [4.69, 9.17) is 0 Å². The molecular formula is C14H21NO. The standard InChI is InChI=1S/C14H21NO/c1-10(2)9-12-5-7-13(8-6-12)15-14(16)11(3)4/h5-8,10-11H,9H2,1-4H3,(H,15,16). The zero-order valence-corrected chi connectivity index (χ0v) is 10.6. The van der Waals surface area contributed by atoms with Crippen LogP contribution in [0.3, 0.4) is 0 Å². The molecule has 0 heterocycles. The van der Waals surface area contributed by atoms with E-state index in [0.29, 0.717) is 5.92 Å². The summed E-state index contributed by atoms with van der Waals surface area (Å²) in [5, 5.41) is 2.88. The molecule has 0 saturated heterocycles. The molecule has 0 aromatic heterocycles. The highest BCUT2D eigenvalue weighted by molar-refractivity contribution is 5.91. The summed E-state index contributed by atoms with van der Waals surface area (Å²) >= 11 is 0. The Balaban J connectivity index is 2.61. The van der Waals surface area contributed by atoms with E-state index in [0.717, 1.165) is 12.1 Å². The van der Waals surface area contributed by atoms with Crippen LogP contribution in [0, 0.1) is 11.8 Å². The summed E-state index contributed by atoms with van der Waals surface area (Å²) in [7, 11) is 0. The lowest BCUT2D eigenvalue weighted by molar-refractivity contribution is -0.118. The second-order valence-electron chi connectivity index (χ2n) is 4.94. The monoisotopic (exact) mass is 219 g/mol. The molecular weight excluding hydrogens is 198 g/mol. The van der Waals surface area contributed by atoms with Crippen LogP contribution in [-0.2, 0) is 11.2 Å². The van der Waals surface area contributed by atoms with Crippen molar-refractivity contribution in [2.75, 3.05) is 5.32 Å². The molecule has 1 amide bonds. The minimum atomic E-state index is 0.0235. The van der Waals surface area contributed by atoms with Crippen LogP contribution in [0.25, 0.3) is 0 Å². The molecule has 1 aromatic rings. The van der Waals surface area contributed by atoms with E-state index in [1.54, 1.807) is 0 Å². The summed E-state index contributed by atoms with van der Waals surface area (Å²) < 4.78 is 0. The third-order valence-electron chi connectivity index (χ3n) is 2.39. The number of carbonyl (C=O) groups excluding carboxylic acids is 1. The quantitative estimate of drug-likeness (QED) is 0.825. The van der Waals surface area contributed by atoms with Gasteiger partial charge in [0.2, 0.25) is 5.91 Å². The Kier molecular flexibility index (Phi) is 4.53. The summed E-state index contributed by atoms with van der Waals surface area (Å²) in [6.45, 7) is 8.19. The molecule has 0 aliphatic heterocycles. The van der Waals surface area contributed by atoms with Gasteiger partial charge >= 0.3 is 0 Å². The highest BCUT2D eigenvalue weighted by atomic mass is 16.1. The number of hydrogen-bond donors (Lipinski definition) is 1. The van der Waals surface area contributed by atoms with Crippen LogP contribution in [0.2, 0.25) is 0 Å². The van der Waals surface area contributed by atoms with Gasteiger partial charge < -0.3 is 5.32 Å². The van der Waals surface area contributed by atoms with Crippen molar-refractivity contribution in [1.82, 2.24) is 0 Å². The predicted octanol–water partition coefficient (Wildman–Crippen LogP) is 3.48. The Morgan fingerprint density at radius 1 is 1.12 bits per heavy atom. The van der Waals surface area contributed by atoms with Crippen molar-refractivity contribution >= 4 is 11.6 Å². The molecule has 16 heavy (non-hydrogen) atoms. The summed E-state index contributed by atoms with van der Waals surface area (Å²) in [4.78, 5) is 11.5. The molecule has 0 aliphatic rings. The number of benzene rings is 1. The molecule has 2 nitrogen and oxygen atoms in total. The van der Waals surface area contributed by atoms with E-state index < -0.39 is 0 Å². The van der Waals surface area contributed by atoms with Gasteiger partial charge in [-0.15, -0.1) is 0 Å². The number of rotatable bonds is 4. The fourth-order valence-corrected chi connectivity index (χ4v) is 1.48. The largest absolute Gasteiger partial charge is 0.326 e. The van der Waals surface area contributed by atoms with Crippen LogP contribution < -0.4 is 5.32 Å². The average Bonchev–Trinajstić information content (AvgIpc) is 2.20. The first-order valence-corrected chi connectivity index (χ1v) is 5.89. The van der Waals surface area contributed by atoms with Gasteiger partial charge in [-0.3, -0.25) is 4.79 Å². The predicted molar refractivity (Wildman–Crippen MR) is 68.5 cm³/mol. The number of nitrogens with one attached hydrogen (secondary N) is 1. The summed E-state index contributed by atoms with van der Waals surface area (Å²) in [5.41, 5.74) is 2.20. The van der Waals surface area contributed by atoms with Crippen molar-refractivity contribution in [3.8, 4) is 0 Å². The molecule has 1 rings (SSSR count). The number of hydrogen-bond acceptors (Lipinski definition) is 1. The van der Waals surface area contributed by atoms with Crippen molar-refractivity contribution in [1.29, 1.82) is 0 Å². The third kappa shape index (κ3) is 4.05. The van der Waals surface area contributed by atoms with Crippen LogP contribution in [0.1, 0.15) is 33.3 Å². The lowest BCUT2D eigenvalue weighted by Gasteiger charge is -2.09. The van der Waals surface area contributed by atoms with E-state index in [-0.39, 0.29) is 11.8 Å². The molecule has 0 radical (unpaired) electrons. The van der Waals surface area contributed by atoms with E-state index in [2.05, 4.69) is 31.3 Å². The Bertz CT molecular complexity index is 338. The van der Waals surface area contributed by atoms with E-state index >= 15 is 0 Å². The number of amides is 1. The van der Waals surface area contributed by atoms with Gasteiger partial charge in [0.05, 0.1) is 0 Å². The molecule has 0 fully saturated rings. The molecule has 0 aliphatic carbocycles. The van der Waals surface area contributed by atoms with Crippen LogP contribution in [0.5, 0.6) is 0 Å². The first-order valence-electron chi connectivity index (χ1n) is 5.89. The Labute approximate surface area is 98.1 Å². The van der Waals surface area contributed by atoms with Crippen molar-refractivity contribution in [2.24, 2.45) is 11.8 Å². The van der Waals surface area contributed by atoms with Gasteiger partial charge in [0.25, 0.3) is 0 Å². The van der Waals surface area contributed by atoms with Gasteiger partial charge in [-0.05, 0) is 30.0 Å². The van der Waals surface area contributed by atoms with Gasteiger partial charge in [-0.1, -0.05) is 39.8 Å². The van der Waals surface area contributed by atoms with Crippen molar-refractivity contribution in [3.63, 3.8) is 0 Å². The molecule has 0 saturated carbocycles. The zero-order valence-electron chi connectivity index (χ0n) is 10.6. The van der Waals surface area contributed by atoms with Crippen LogP contribution in [0.4, 0.5) is 5.69 Å². The second kappa shape index (κ2) is 5.69. The Hall–Kier alpha value is -1.31. The zero-order chi connectivity index (χ0) is 12.1. The molecule has 0 unspecified atom stereocenters. The third-order valence-corrected chi connectivity index (χ3v) is 2.39. The summed E-state index contributed by atoms with van der Waals surface area (Å²) in [6, 6.07) is 8.10. The maximum absolute atomic E-state index is 11.5.